The summed E-state index contributed by atoms with van der Waals surface area (Å²) in [6.45, 7) is 14.5. The molecule has 2 aromatic rings. The fraction of sp³-hybridized carbons (Fsp3) is 0.457. The second-order valence-corrected chi connectivity index (χ2v) is 14.5. The summed E-state index contributed by atoms with van der Waals surface area (Å²) in [7, 11) is 0. The molecule has 0 radical (unpaired) electrons. The number of anilines is 1. The van der Waals surface area contributed by atoms with Crippen LogP contribution in [0.5, 0.6) is 0 Å². The fourth-order valence-electron chi connectivity index (χ4n) is 7.62. The number of rotatable bonds is 12. The lowest BCUT2D eigenvalue weighted by Crippen LogP contribution is -2.60. The number of aliphatic hydroxyl groups excluding tert-OH is 1. The van der Waals surface area contributed by atoms with Gasteiger partial charge in [0.15, 0.2) is 0 Å². The highest BCUT2D eigenvalue weighted by molar-refractivity contribution is 8.02. The number of aliphatic hydroxyl groups is 1. The summed E-state index contributed by atoms with van der Waals surface area (Å²) >= 11 is 7.82. The van der Waals surface area contributed by atoms with E-state index in [1.807, 2.05) is 44.2 Å². The zero-order valence-electron chi connectivity index (χ0n) is 25.6. The molecule has 234 valence electrons. The highest BCUT2D eigenvalue weighted by Crippen LogP contribution is 2.69. The van der Waals surface area contributed by atoms with Crippen molar-refractivity contribution in [1.82, 2.24) is 9.80 Å². The summed E-state index contributed by atoms with van der Waals surface area (Å²) in [4.78, 5) is 49.2. The molecule has 3 aliphatic rings. The number of carbonyl (C=O) groups is 3. The molecule has 0 aromatic heterocycles. The molecular weight excluding hydrogens is 594 g/mol. The van der Waals surface area contributed by atoms with E-state index < -0.39 is 28.7 Å². The molecule has 3 fully saturated rings. The SMILES string of the molecule is C=CCN(Cc1ccccc1)C(=O)[C@@H]1[C@H]2C(=O)N([C@@H](CO)C(C)C)C(C(=O)N(CC=C)c3ccc(Cl)cc3)C23S[C@@H]1CC3C. The quantitative estimate of drug-likeness (QED) is 0.315. The number of benzene rings is 2. The summed E-state index contributed by atoms with van der Waals surface area (Å²) in [5.74, 6) is -1.92. The van der Waals surface area contributed by atoms with Crippen LogP contribution >= 0.6 is 23.4 Å². The second kappa shape index (κ2) is 13.1. The van der Waals surface area contributed by atoms with Crippen molar-refractivity contribution < 1.29 is 19.5 Å². The zero-order chi connectivity index (χ0) is 31.8. The van der Waals surface area contributed by atoms with Crippen LogP contribution in [-0.4, -0.2) is 74.4 Å². The maximum absolute atomic E-state index is 14.9. The van der Waals surface area contributed by atoms with Gasteiger partial charge in [0.1, 0.15) is 6.04 Å². The number of thioether (sulfide) groups is 1. The predicted molar refractivity (Wildman–Crippen MR) is 177 cm³/mol. The van der Waals surface area contributed by atoms with Crippen LogP contribution < -0.4 is 4.90 Å². The van der Waals surface area contributed by atoms with Crippen LogP contribution in [0.15, 0.2) is 79.9 Å². The van der Waals surface area contributed by atoms with Crippen LogP contribution in [0, 0.1) is 23.7 Å². The normalized spacial score (nSPS) is 27.7. The Morgan fingerprint density at radius 1 is 1.09 bits per heavy atom. The topological polar surface area (TPSA) is 81.2 Å². The molecule has 7 atom stereocenters. The summed E-state index contributed by atoms with van der Waals surface area (Å²) < 4.78 is -0.820. The minimum absolute atomic E-state index is 0.00117. The first kappa shape index (κ1) is 32.3. The molecule has 2 bridgehead atoms. The lowest BCUT2D eigenvalue weighted by atomic mass is 9.65. The van der Waals surface area contributed by atoms with Gasteiger partial charge in [-0.1, -0.05) is 74.9 Å². The van der Waals surface area contributed by atoms with Crippen molar-refractivity contribution in [2.75, 3.05) is 24.6 Å². The van der Waals surface area contributed by atoms with E-state index in [1.165, 1.54) is 0 Å². The summed E-state index contributed by atoms with van der Waals surface area (Å²) in [6, 6.07) is 15.4. The number of fused-ring (bicyclic) bond motifs is 1. The predicted octanol–water partition coefficient (Wildman–Crippen LogP) is 5.43. The average Bonchev–Trinajstić information content (AvgIpc) is 3.60. The van der Waals surface area contributed by atoms with E-state index in [0.29, 0.717) is 23.8 Å². The molecular formula is C35H42ClN3O4S. The molecule has 5 rings (SSSR count). The van der Waals surface area contributed by atoms with Gasteiger partial charge in [-0.25, -0.2) is 0 Å². The van der Waals surface area contributed by atoms with Crippen LogP contribution in [0.4, 0.5) is 5.69 Å². The third-order valence-corrected chi connectivity index (χ3v) is 11.9. The van der Waals surface area contributed by atoms with Crippen molar-refractivity contribution in [3.8, 4) is 0 Å². The average molecular weight is 636 g/mol. The van der Waals surface area contributed by atoms with E-state index in [9.17, 15) is 19.5 Å². The van der Waals surface area contributed by atoms with Crippen molar-refractivity contribution in [1.29, 1.82) is 0 Å². The number of likely N-dealkylation sites (tertiary alicyclic amines) is 1. The zero-order valence-corrected chi connectivity index (χ0v) is 27.2. The Hall–Kier alpha value is -3.07. The maximum Gasteiger partial charge on any atom is 0.251 e. The van der Waals surface area contributed by atoms with Crippen LogP contribution in [-0.2, 0) is 20.9 Å². The minimum Gasteiger partial charge on any atom is -0.394 e. The molecule has 3 unspecified atom stereocenters. The molecule has 1 N–H and O–H groups in total. The lowest BCUT2D eigenvalue weighted by molar-refractivity contribution is -0.146. The third-order valence-electron chi connectivity index (χ3n) is 9.61. The number of hydrogen-bond acceptors (Lipinski definition) is 5. The van der Waals surface area contributed by atoms with Gasteiger partial charge in [0.2, 0.25) is 11.8 Å². The maximum atomic E-state index is 14.9. The molecule has 1 spiro atoms. The van der Waals surface area contributed by atoms with Gasteiger partial charge in [0.05, 0.1) is 29.2 Å². The Morgan fingerprint density at radius 2 is 1.75 bits per heavy atom. The fourth-order valence-corrected chi connectivity index (χ4v) is 10.1. The first-order valence-electron chi connectivity index (χ1n) is 15.3. The van der Waals surface area contributed by atoms with Crippen molar-refractivity contribution in [3.63, 3.8) is 0 Å². The molecule has 2 aromatic carbocycles. The van der Waals surface area contributed by atoms with Gasteiger partial charge in [0.25, 0.3) is 5.91 Å². The van der Waals surface area contributed by atoms with E-state index in [-0.39, 0.29) is 48.0 Å². The van der Waals surface area contributed by atoms with Crippen LogP contribution in [0.2, 0.25) is 5.02 Å². The highest BCUT2D eigenvalue weighted by atomic mass is 35.5. The highest BCUT2D eigenvalue weighted by Gasteiger charge is 2.77. The van der Waals surface area contributed by atoms with Gasteiger partial charge < -0.3 is 19.8 Å². The number of hydrogen-bond donors (Lipinski definition) is 1. The number of amides is 3. The Balaban J connectivity index is 1.60. The lowest BCUT2D eigenvalue weighted by Gasteiger charge is -2.43. The largest absolute Gasteiger partial charge is 0.394 e. The Labute approximate surface area is 269 Å². The Bertz CT molecular complexity index is 1400. The molecule has 0 aliphatic carbocycles. The summed E-state index contributed by atoms with van der Waals surface area (Å²) in [5.41, 5.74) is 1.65. The monoisotopic (exact) mass is 635 g/mol. The van der Waals surface area contributed by atoms with Crippen molar-refractivity contribution >= 4 is 46.8 Å². The van der Waals surface area contributed by atoms with Crippen LogP contribution in [0.1, 0.15) is 32.8 Å². The van der Waals surface area contributed by atoms with Crippen molar-refractivity contribution in [2.24, 2.45) is 23.7 Å². The van der Waals surface area contributed by atoms with Crippen LogP contribution in [0.3, 0.4) is 0 Å². The minimum atomic E-state index is -0.861. The molecule has 7 nitrogen and oxygen atoms in total. The molecule has 3 aliphatic heterocycles. The van der Waals surface area contributed by atoms with Gasteiger partial charge in [-0.15, -0.1) is 24.9 Å². The van der Waals surface area contributed by atoms with Crippen molar-refractivity contribution in [2.45, 2.75) is 55.8 Å². The first-order chi connectivity index (χ1) is 21.1. The second-order valence-electron chi connectivity index (χ2n) is 12.5. The van der Waals surface area contributed by atoms with E-state index in [1.54, 1.807) is 62.9 Å². The standard InChI is InChI=1S/C35H42ClN3O4S/c1-6-17-37(20-24-11-9-8-10-12-24)32(41)29-28-19-23(5)35(44-28)30(29)33(42)39(27(21-40)22(3)4)31(35)34(43)38(18-7-2)26-15-13-25(36)14-16-26/h6-16,22-23,27-31,40H,1-2,17-21H2,3-5H3/t23?,27-,28+,29-,30-,31?,35?/m0/s1. The third kappa shape index (κ3) is 5.39. The smallest absolute Gasteiger partial charge is 0.251 e. The Morgan fingerprint density at radius 3 is 2.34 bits per heavy atom. The summed E-state index contributed by atoms with van der Waals surface area (Å²) in [6.07, 6.45) is 4.11. The number of carbonyl (C=O) groups excluding carboxylic acids is 3. The molecule has 3 amide bonds. The molecule has 3 saturated heterocycles. The van der Waals surface area contributed by atoms with Gasteiger partial charge >= 0.3 is 0 Å². The molecule has 44 heavy (non-hydrogen) atoms. The van der Waals surface area contributed by atoms with Gasteiger partial charge in [-0.3, -0.25) is 14.4 Å². The van der Waals surface area contributed by atoms with E-state index >= 15 is 0 Å². The first-order valence-corrected chi connectivity index (χ1v) is 16.6. The molecule has 9 heteroatoms. The molecule has 0 saturated carbocycles. The van der Waals surface area contributed by atoms with E-state index in [2.05, 4.69) is 20.1 Å². The summed E-state index contributed by atoms with van der Waals surface area (Å²) in [5, 5.41) is 11.1. The number of halogens is 1. The van der Waals surface area contributed by atoms with E-state index in [0.717, 1.165) is 12.0 Å². The van der Waals surface area contributed by atoms with Crippen LogP contribution in [0.25, 0.3) is 0 Å². The molecule has 3 heterocycles. The van der Waals surface area contributed by atoms with Crippen molar-refractivity contribution in [3.05, 3.63) is 90.5 Å². The van der Waals surface area contributed by atoms with Gasteiger partial charge in [-0.2, -0.15) is 0 Å². The van der Waals surface area contributed by atoms with Gasteiger partial charge in [-0.05, 0) is 48.1 Å². The number of nitrogens with zero attached hydrogens (tertiary/aromatic N) is 3. The van der Waals surface area contributed by atoms with E-state index in [4.69, 9.17) is 11.6 Å². The Kier molecular flexibility index (Phi) is 9.64. The van der Waals surface area contributed by atoms with Gasteiger partial charge in [0, 0.05) is 35.6 Å².